The number of hydrogen-bond donors (Lipinski definition) is 3. The van der Waals surface area contributed by atoms with Crippen LogP contribution in [0.15, 0.2) is 48.7 Å². The second-order valence-electron chi connectivity index (χ2n) is 6.19. The van der Waals surface area contributed by atoms with E-state index in [0.717, 1.165) is 10.9 Å². The van der Waals surface area contributed by atoms with Crippen LogP contribution >= 0.6 is 11.6 Å². The lowest BCUT2D eigenvalue weighted by Gasteiger charge is -2.12. The van der Waals surface area contributed by atoms with Crippen molar-refractivity contribution in [2.45, 2.75) is 6.10 Å². The second-order valence-corrected chi connectivity index (χ2v) is 6.63. The molecular weight excluding hydrogens is 380 g/mol. The molecule has 3 rings (SSSR count). The normalized spacial score (nSPS) is 11.6. The van der Waals surface area contributed by atoms with E-state index in [1.54, 1.807) is 6.20 Å². The minimum atomic E-state index is -0.983. The lowest BCUT2D eigenvalue weighted by Crippen LogP contribution is -2.37. The average molecular weight is 397 g/mol. The molecule has 1 aromatic heterocycles. The zero-order chi connectivity index (χ0) is 20.3. The number of rotatable bonds is 4. The number of nitriles is 1. The standard InChI is InChI=1S/C20H17ClN4O3/c1-25-11-15(14-4-2-3-5-17(14)25)18(26)10-23-19(27)20(28)24-16-8-13(21)7-6-12(16)9-22/h2-8,11,18,26H,10H2,1H3,(H,23,27)(H,24,28). The summed E-state index contributed by atoms with van der Waals surface area (Å²) < 4.78 is 1.88. The summed E-state index contributed by atoms with van der Waals surface area (Å²) >= 11 is 5.86. The number of aliphatic hydroxyl groups excluding tert-OH is 1. The number of amides is 2. The van der Waals surface area contributed by atoms with E-state index in [0.29, 0.717) is 10.6 Å². The smallest absolute Gasteiger partial charge is 0.313 e. The van der Waals surface area contributed by atoms with Crippen LogP contribution < -0.4 is 10.6 Å². The zero-order valence-corrected chi connectivity index (χ0v) is 15.7. The Labute approximate surface area is 166 Å². The third-order valence-electron chi connectivity index (χ3n) is 4.30. The summed E-state index contributed by atoms with van der Waals surface area (Å²) in [6.45, 7) is -0.138. The molecule has 0 aliphatic carbocycles. The Morgan fingerprint density at radius 1 is 1.25 bits per heavy atom. The minimum absolute atomic E-state index is 0.138. The van der Waals surface area contributed by atoms with Crippen LogP contribution in [0, 0.1) is 11.3 Å². The summed E-state index contributed by atoms with van der Waals surface area (Å²) in [5.74, 6) is -1.88. The lowest BCUT2D eigenvalue weighted by molar-refractivity contribution is -0.136. The predicted molar refractivity (Wildman–Crippen MR) is 106 cm³/mol. The summed E-state index contributed by atoms with van der Waals surface area (Å²) in [5.41, 5.74) is 1.93. The predicted octanol–water partition coefficient (Wildman–Crippen LogP) is 2.49. The first-order chi connectivity index (χ1) is 13.4. The van der Waals surface area contributed by atoms with E-state index in [9.17, 15) is 14.7 Å². The first-order valence-corrected chi connectivity index (χ1v) is 8.79. The molecule has 142 valence electrons. The van der Waals surface area contributed by atoms with Gasteiger partial charge in [0, 0.05) is 41.3 Å². The van der Waals surface area contributed by atoms with E-state index in [1.807, 2.05) is 41.9 Å². The Morgan fingerprint density at radius 3 is 2.75 bits per heavy atom. The molecule has 1 unspecified atom stereocenters. The van der Waals surface area contributed by atoms with E-state index in [4.69, 9.17) is 16.9 Å². The number of fused-ring (bicyclic) bond motifs is 1. The van der Waals surface area contributed by atoms with Gasteiger partial charge in [-0.25, -0.2) is 0 Å². The van der Waals surface area contributed by atoms with Gasteiger partial charge in [-0.15, -0.1) is 0 Å². The van der Waals surface area contributed by atoms with Crippen molar-refractivity contribution in [1.29, 1.82) is 5.26 Å². The van der Waals surface area contributed by atoms with Crippen LogP contribution in [-0.2, 0) is 16.6 Å². The highest BCUT2D eigenvalue weighted by atomic mass is 35.5. The summed E-state index contributed by atoms with van der Waals surface area (Å²) in [5, 5.41) is 25.5. The van der Waals surface area contributed by atoms with Gasteiger partial charge in [-0.1, -0.05) is 29.8 Å². The van der Waals surface area contributed by atoms with Crippen molar-refractivity contribution in [1.82, 2.24) is 9.88 Å². The molecule has 3 aromatic rings. The van der Waals surface area contributed by atoms with Crippen LogP contribution in [0.3, 0.4) is 0 Å². The number of aromatic nitrogens is 1. The molecule has 2 amide bonds. The Balaban J connectivity index is 1.66. The van der Waals surface area contributed by atoms with E-state index in [1.165, 1.54) is 18.2 Å². The SMILES string of the molecule is Cn1cc(C(O)CNC(=O)C(=O)Nc2cc(Cl)ccc2C#N)c2ccccc21. The van der Waals surface area contributed by atoms with E-state index in [2.05, 4.69) is 10.6 Å². The van der Waals surface area contributed by atoms with Crippen molar-refractivity contribution < 1.29 is 14.7 Å². The zero-order valence-electron chi connectivity index (χ0n) is 14.9. The summed E-state index contributed by atoms with van der Waals surface area (Å²) in [4.78, 5) is 24.2. The number of nitrogens with zero attached hydrogens (tertiary/aromatic N) is 2. The maximum Gasteiger partial charge on any atom is 0.313 e. The molecule has 28 heavy (non-hydrogen) atoms. The molecule has 2 aromatic carbocycles. The van der Waals surface area contributed by atoms with Gasteiger partial charge in [0.15, 0.2) is 0 Å². The number of carbonyl (C=O) groups is 2. The van der Waals surface area contributed by atoms with Crippen LogP contribution in [0.5, 0.6) is 0 Å². The number of aryl methyl sites for hydroxylation is 1. The van der Waals surface area contributed by atoms with Crippen molar-refractivity contribution in [3.63, 3.8) is 0 Å². The van der Waals surface area contributed by atoms with Crippen molar-refractivity contribution in [3.8, 4) is 6.07 Å². The third kappa shape index (κ3) is 3.98. The fourth-order valence-electron chi connectivity index (χ4n) is 2.91. The maximum absolute atomic E-state index is 12.1. The van der Waals surface area contributed by atoms with Crippen LogP contribution in [0.4, 0.5) is 5.69 Å². The van der Waals surface area contributed by atoms with Crippen LogP contribution in [0.2, 0.25) is 5.02 Å². The molecule has 8 heteroatoms. The molecular formula is C20H17ClN4O3. The fourth-order valence-corrected chi connectivity index (χ4v) is 3.09. The van der Waals surface area contributed by atoms with Crippen LogP contribution in [0.25, 0.3) is 10.9 Å². The number of aliphatic hydroxyl groups is 1. The molecule has 0 bridgehead atoms. The topological polar surface area (TPSA) is 107 Å². The van der Waals surface area contributed by atoms with E-state index < -0.39 is 17.9 Å². The van der Waals surface area contributed by atoms with E-state index in [-0.39, 0.29) is 17.8 Å². The molecule has 1 atom stereocenters. The van der Waals surface area contributed by atoms with Gasteiger partial charge in [-0.3, -0.25) is 9.59 Å². The lowest BCUT2D eigenvalue weighted by atomic mass is 10.1. The van der Waals surface area contributed by atoms with E-state index >= 15 is 0 Å². The Kier molecular flexibility index (Phi) is 5.64. The molecule has 0 radical (unpaired) electrons. The largest absolute Gasteiger partial charge is 0.386 e. The number of carbonyl (C=O) groups excluding carboxylic acids is 2. The average Bonchev–Trinajstić information content (AvgIpc) is 3.03. The second kappa shape index (κ2) is 8.13. The molecule has 7 nitrogen and oxygen atoms in total. The van der Waals surface area contributed by atoms with Gasteiger partial charge in [0.2, 0.25) is 0 Å². The number of anilines is 1. The number of benzene rings is 2. The molecule has 3 N–H and O–H groups in total. The van der Waals surface area contributed by atoms with Gasteiger partial charge in [0.25, 0.3) is 0 Å². The van der Waals surface area contributed by atoms with Gasteiger partial charge in [0.1, 0.15) is 6.07 Å². The Bertz CT molecular complexity index is 1100. The quantitative estimate of drug-likeness (QED) is 0.589. The van der Waals surface area contributed by atoms with Crippen LogP contribution in [0.1, 0.15) is 17.2 Å². The molecule has 1 heterocycles. The Hall–Kier alpha value is -3.34. The molecule has 0 spiro atoms. The van der Waals surface area contributed by atoms with Crippen molar-refractivity contribution in [3.05, 3.63) is 64.8 Å². The fraction of sp³-hybridized carbons (Fsp3) is 0.150. The monoisotopic (exact) mass is 396 g/mol. The molecule has 0 fully saturated rings. The van der Waals surface area contributed by atoms with Gasteiger partial charge in [-0.05, 0) is 24.3 Å². The third-order valence-corrected chi connectivity index (χ3v) is 4.53. The van der Waals surface area contributed by atoms with Gasteiger partial charge < -0.3 is 20.3 Å². The summed E-state index contributed by atoms with van der Waals surface area (Å²) in [6, 6.07) is 13.8. The number of nitrogens with one attached hydrogen (secondary N) is 2. The summed E-state index contributed by atoms with van der Waals surface area (Å²) in [7, 11) is 1.86. The number of halogens is 1. The van der Waals surface area contributed by atoms with Gasteiger partial charge in [0.05, 0.1) is 17.4 Å². The highest BCUT2D eigenvalue weighted by Gasteiger charge is 2.19. The maximum atomic E-state index is 12.1. The molecule has 0 aliphatic heterocycles. The highest BCUT2D eigenvalue weighted by Crippen LogP contribution is 2.25. The molecule has 0 saturated heterocycles. The number of para-hydroxylation sites is 1. The van der Waals surface area contributed by atoms with Crippen molar-refractivity contribution >= 4 is 40.0 Å². The Morgan fingerprint density at radius 2 is 2.00 bits per heavy atom. The van der Waals surface area contributed by atoms with Gasteiger partial charge >= 0.3 is 11.8 Å². The van der Waals surface area contributed by atoms with Crippen molar-refractivity contribution in [2.75, 3.05) is 11.9 Å². The van der Waals surface area contributed by atoms with Gasteiger partial charge in [-0.2, -0.15) is 5.26 Å². The van der Waals surface area contributed by atoms with Crippen LogP contribution in [-0.4, -0.2) is 28.0 Å². The van der Waals surface area contributed by atoms with Crippen molar-refractivity contribution in [2.24, 2.45) is 7.05 Å². The highest BCUT2D eigenvalue weighted by molar-refractivity contribution is 6.40. The first kappa shape index (κ1) is 19.4. The number of hydrogen-bond acceptors (Lipinski definition) is 4. The minimum Gasteiger partial charge on any atom is -0.386 e. The molecule has 0 aliphatic rings. The molecule has 0 saturated carbocycles. The summed E-state index contributed by atoms with van der Waals surface area (Å²) in [6.07, 6.45) is 0.802. The first-order valence-electron chi connectivity index (χ1n) is 8.41.